The van der Waals surface area contributed by atoms with E-state index in [1.54, 1.807) is 0 Å². The topological polar surface area (TPSA) is 78.9 Å². The first-order valence-corrected chi connectivity index (χ1v) is 24.7. The van der Waals surface area contributed by atoms with Crippen LogP contribution < -0.4 is 0 Å². The van der Waals surface area contributed by atoms with Gasteiger partial charge in [0.1, 0.15) is 13.2 Å². The van der Waals surface area contributed by atoms with Gasteiger partial charge in [-0.25, -0.2) is 0 Å². The molecule has 0 aliphatic rings. The molecule has 0 N–H and O–H groups in total. The molecule has 0 heterocycles. The van der Waals surface area contributed by atoms with Gasteiger partial charge >= 0.3 is 17.9 Å². The van der Waals surface area contributed by atoms with E-state index in [0.29, 0.717) is 19.3 Å². The lowest BCUT2D eigenvalue weighted by molar-refractivity contribution is -0.167. The maximum atomic E-state index is 12.7. The average Bonchev–Trinajstić information content (AvgIpc) is 3.26. The van der Waals surface area contributed by atoms with Crippen LogP contribution >= 0.6 is 0 Å². The fourth-order valence-corrected chi connectivity index (χ4v) is 6.36. The van der Waals surface area contributed by atoms with E-state index >= 15 is 0 Å². The van der Waals surface area contributed by atoms with Gasteiger partial charge in [-0.3, -0.25) is 14.4 Å². The molecule has 0 aromatic heterocycles. The Hall–Kier alpha value is -3.67. The largest absolute Gasteiger partial charge is 0.462 e. The zero-order valence-electron chi connectivity index (χ0n) is 39.4. The lowest BCUT2D eigenvalue weighted by Crippen LogP contribution is -2.30. The molecule has 0 saturated heterocycles. The molecule has 6 heteroatoms. The van der Waals surface area contributed by atoms with Gasteiger partial charge in [-0.2, -0.15) is 0 Å². The predicted octanol–water partition coefficient (Wildman–Crippen LogP) is 16.2. The molecular formula is C55H90O6. The summed E-state index contributed by atoms with van der Waals surface area (Å²) in [6, 6.07) is 0. The predicted molar refractivity (Wildman–Crippen MR) is 260 cm³/mol. The molecule has 0 amide bonds. The molecule has 0 spiro atoms. The molecule has 346 valence electrons. The number of carbonyl (C=O) groups excluding carboxylic acids is 3. The Balaban J connectivity index is 4.53. The molecule has 0 aromatic rings. The highest BCUT2D eigenvalue weighted by Crippen LogP contribution is 2.13. The van der Waals surface area contributed by atoms with Crippen molar-refractivity contribution in [1.82, 2.24) is 0 Å². The molecule has 6 nitrogen and oxygen atoms in total. The Morgan fingerprint density at radius 1 is 0.344 bits per heavy atom. The number of hydrogen-bond acceptors (Lipinski definition) is 6. The van der Waals surface area contributed by atoms with Gasteiger partial charge in [0.15, 0.2) is 6.10 Å². The van der Waals surface area contributed by atoms with Gasteiger partial charge in [0.05, 0.1) is 0 Å². The first-order valence-electron chi connectivity index (χ1n) is 24.7. The Kier molecular flexibility index (Phi) is 46.0. The van der Waals surface area contributed by atoms with Crippen molar-refractivity contribution in [3.63, 3.8) is 0 Å². The van der Waals surface area contributed by atoms with Crippen LogP contribution in [0.25, 0.3) is 0 Å². The van der Waals surface area contributed by atoms with E-state index in [-0.39, 0.29) is 37.5 Å². The zero-order valence-corrected chi connectivity index (χ0v) is 39.4. The van der Waals surface area contributed by atoms with Gasteiger partial charge in [-0.05, 0) is 96.3 Å². The van der Waals surface area contributed by atoms with Gasteiger partial charge in [0.25, 0.3) is 0 Å². The highest BCUT2D eigenvalue weighted by atomic mass is 16.6. The molecule has 0 saturated carbocycles. The summed E-state index contributed by atoms with van der Waals surface area (Å²) in [6.07, 6.45) is 63.9. The molecule has 0 fully saturated rings. The Morgan fingerprint density at radius 2 is 0.656 bits per heavy atom. The summed E-state index contributed by atoms with van der Waals surface area (Å²) >= 11 is 0. The summed E-state index contributed by atoms with van der Waals surface area (Å²) in [5, 5.41) is 0. The average molecular weight is 847 g/mol. The lowest BCUT2D eigenvalue weighted by Gasteiger charge is -2.18. The molecular weight excluding hydrogens is 757 g/mol. The third-order valence-electron chi connectivity index (χ3n) is 10.1. The fourth-order valence-electron chi connectivity index (χ4n) is 6.36. The van der Waals surface area contributed by atoms with Crippen LogP contribution in [0.2, 0.25) is 0 Å². The van der Waals surface area contributed by atoms with Crippen LogP contribution in [0.5, 0.6) is 0 Å². The molecule has 0 radical (unpaired) electrons. The highest BCUT2D eigenvalue weighted by Gasteiger charge is 2.19. The number of rotatable bonds is 43. The summed E-state index contributed by atoms with van der Waals surface area (Å²) in [7, 11) is 0. The zero-order chi connectivity index (χ0) is 44.4. The van der Waals surface area contributed by atoms with Gasteiger partial charge < -0.3 is 14.2 Å². The molecule has 61 heavy (non-hydrogen) atoms. The monoisotopic (exact) mass is 847 g/mol. The minimum atomic E-state index is -0.813. The maximum absolute atomic E-state index is 12.7. The molecule has 1 atom stereocenters. The maximum Gasteiger partial charge on any atom is 0.306 e. The van der Waals surface area contributed by atoms with Gasteiger partial charge in [-0.1, -0.05) is 195 Å². The van der Waals surface area contributed by atoms with E-state index in [2.05, 4.69) is 118 Å². The molecule has 0 rings (SSSR count). The van der Waals surface area contributed by atoms with Crippen LogP contribution in [0, 0.1) is 0 Å². The van der Waals surface area contributed by atoms with Crippen LogP contribution in [0.15, 0.2) is 97.2 Å². The minimum Gasteiger partial charge on any atom is -0.462 e. The summed E-state index contributed by atoms with van der Waals surface area (Å²) < 4.78 is 16.7. The third-order valence-corrected chi connectivity index (χ3v) is 10.1. The SMILES string of the molecule is CC/C=C\C/C=C\C/C=C\C/C=C\C/C=C\CCCC(=O)OC[C@H](COC(=O)CCCC/C=C\C/C=C\C/C=C\CCCCC)OC(=O)CCCCCCCCCCCCC. The van der Waals surface area contributed by atoms with Crippen LogP contribution in [-0.4, -0.2) is 37.2 Å². The third kappa shape index (κ3) is 47.2. The van der Waals surface area contributed by atoms with Crippen LogP contribution in [0.1, 0.15) is 213 Å². The number of unbranched alkanes of at least 4 members (excludes halogenated alkanes) is 16. The van der Waals surface area contributed by atoms with Crippen LogP contribution in [-0.2, 0) is 28.6 Å². The lowest BCUT2D eigenvalue weighted by atomic mass is 10.1. The smallest absolute Gasteiger partial charge is 0.306 e. The Morgan fingerprint density at radius 3 is 1.10 bits per heavy atom. The Labute approximate surface area is 375 Å². The van der Waals surface area contributed by atoms with Crippen molar-refractivity contribution in [3.05, 3.63) is 97.2 Å². The van der Waals surface area contributed by atoms with E-state index in [4.69, 9.17) is 14.2 Å². The van der Waals surface area contributed by atoms with Crippen LogP contribution in [0.3, 0.4) is 0 Å². The van der Waals surface area contributed by atoms with E-state index in [1.807, 2.05) is 0 Å². The number of allylic oxidation sites excluding steroid dienone is 16. The second kappa shape index (κ2) is 49.0. The van der Waals surface area contributed by atoms with Crippen LogP contribution in [0.4, 0.5) is 0 Å². The van der Waals surface area contributed by atoms with E-state index in [0.717, 1.165) is 89.9 Å². The van der Waals surface area contributed by atoms with E-state index < -0.39 is 6.10 Å². The van der Waals surface area contributed by atoms with Crippen molar-refractivity contribution < 1.29 is 28.6 Å². The first kappa shape index (κ1) is 57.3. The molecule has 0 aliphatic heterocycles. The highest BCUT2D eigenvalue weighted by molar-refractivity contribution is 5.71. The van der Waals surface area contributed by atoms with E-state index in [1.165, 1.54) is 77.0 Å². The minimum absolute atomic E-state index is 0.115. The summed E-state index contributed by atoms with van der Waals surface area (Å²) in [5.41, 5.74) is 0. The molecule has 0 bridgehead atoms. The van der Waals surface area contributed by atoms with Crippen molar-refractivity contribution >= 4 is 17.9 Å². The van der Waals surface area contributed by atoms with Crippen molar-refractivity contribution in [1.29, 1.82) is 0 Å². The van der Waals surface area contributed by atoms with Crippen molar-refractivity contribution in [2.24, 2.45) is 0 Å². The first-order chi connectivity index (χ1) is 30.0. The number of esters is 3. The summed E-state index contributed by atoms with van der Waals surface area (Å²) in [6.45, 7) is 6.39. The van der Waals surface area contributed by atoms with Crippen molar-refractivity contribution in [2.75, 3.05) is 13.2 Å². The number of hydrogen-bond donors (Lipinski definition) is 0. The van der Waals surface area contributed by atoms with Crippen molar-refractivity contribution in [2.45, 2.75) is 219 Å². The number of carbonyl (C=O) groups is 3. The molecule has 0 aromatic carbocycles. The molecule has 0 unspecified atom stereocenters. The Bertz CT molecular complexity index is 1250. The second-order valence-corrected chi connectivity index (χ2v) is 16.0. The summed E-state index contributed by atoms with van der Waals surface area (Å²) in [4.78, 5) is 37.8. The quantitative estimate of drug-likeness (QED) is 0.0263. The second-order valence-electron chi connectivity index (χ2n) is 16.0. The summed E-state index contributed by atoms with van der Waals surface area (Å²) in [5.74, 6) is -1.01. The van der Waals surface area contributed by atoms with Gasteiger partial charge in [-0.15, -0.1) is 0 Å². The van der Waals surface area contributed by atoms with Crippen molar-refractivity contribution in [3.8, 4) is 0 Å². The standard InChI is InChI=1S/C55H90O6/c1-4-7-10-13-16-19-22-24-26-27-29-31-34-36-39-42-45-48-54(57)60-51-52(61-55(58)49-46-43-40-37-32-21-18-15-12-9-6-3)50-59-53(56)47-44-41-38-35-33-30-28-25-23-20-17-14-11-8-5-2/h7,10,16-17,19-20,24-26,28-29,31,33,35-36,39,52H,4-6,8-9,11-15,18,21-23,27,30,32,34,37-38,40-51H2,1-3H3/b10-7-,19-16-,20-17-,26-24-,28-25-,31-29-,35-33-,39-36-/t52-/m0/s1. The molecule has 0 aliphatic carbocycles. The normalized spacial score (nSPS) is 12.9. The number of ether oxygens (including phenoxy) is 3. The van der Waals surface area contributed by atoms with Gasteiger partial charge in [0.2, 0.25) is 0 Å². The fraction of sp³-hybridized carbons (Fsp3) is 0.655. The van der Waals surface area contributed by atoms with E-state index in [9.17, 15) is 14.4 Å². The van der Waals surface area contributed by atoms with Gasteiger partial charge in [0, 0.05) is 19.3 Å².